The lowest BCUT2D eigenvalue weighted by molar-refractivity contribution is 0.339. The lowest BCUT2D eigenvalue weighted by Gasteiger charge is -2.17. The summed E-state index contributed by atoms with van der Waals surface area (Å²) in [5, 5.41) is 8.51. The summed E-state index contributed by atoms with van der Waals surface area (Å²) < 4.78 is 0. The SMILES string of the molecule is OC/C=C\C1CCCCC1. The minimum atomic E-state index is 0.205. The van der Waals surface area contributed by atoms with Crippen molar-refractivity contribution in [3.05, 3.63) is 12.2 Å². The van der Waals surface area contributed by atoms with E-state index in [4.69, 9.17) is 5.11 Å². The fraction of sp³-hybridized carbons (Fsp3) is 0.778. The Morgan fingerprint density at radius 1 is 1.20 bits per heavy atom. The lowest BCUT2D eigenvalue weighted by atomic mass is 9.89. The van der Waals surface area contributed by atoms with Crippen LogP contribution in [-0.2, 0) is 0 Å². The van der Waals surface area contributed by atoms with Crippen molar-refractivity contribution in [3.63, 3.8) is 0 Å². The Hall–Kier alpha value is -0.300. The first-order valence-corrected chi connectivity index (χ1v) is 4.21. The van der Waals surface area contributed by atoms with Crippen LogP contribution in [0.4, 0.5) is 0 Å². The van der Waals surface area contributed by atoms with E-state index in [2.05, 4.69) is 6.08 Å². The maximum Gasteiger partial charge on any atom is 0.0612 e. The minimum Gasteiger partial charge on any atom is -0.392 e. The number of hydrogen-bond acceptors (Lipinski definition) is 1. The molecular formula is C9H16O. The largest absolute Gasteiger partial charge is 0.392 e. The fourth-order valence-electron chi connectivity index (χ4n) is 1.58. The molecule has 1 aliphatic rings. The molecule has 1 saturated carbocycles. The molecule has 0 heterocycles. The van der Waals surface area contributed by atoms with Crippen molar-refractivity contribution in [1.82, 2.24) is 0 Å². The zero-order valence-corrected chi connectivity index (χ0v) is 6.42. The third kappa shape index (κ3) is 2.53. The van der Waals surface area contributed by atoms with Gasteiger partial charge in [0.1, 0.15) is 0 Å². The molecule has 0 aromatic carbocycles. The molecule has 10 heavy (non-hydrogen) atoms. The number of aliphatic hydroxyl groups excluding tert-OH is 1. The third-order valence-electron chi connectivity index (χ3n) is 2.16. The molecule has 0 aliphatic heterocycles. The molecule has 1 fully saturated rings. The molecule has 1 N–H and O–H groups in total. The maximum absolute atomic E-state index is 8.51. The number of rotatable bonds is 2. The first-order valence-electron chi connectivity index (χ1n) is 4.21. The van der Waals surface area contributed by atoms with Crippen LogP contribution in [0.3, 0.4) is 0 Å². The van der Waals surface area contributed by atoms with Crippen LogP contribution < -0.4 is 0 Å². The molecule has 0 saturated heterocycles. The van der Waals surface area contributed by atoms with Gasteiger partial charge in [0.2, 0.25) is 0 Å². The monoisotopic (exact) mass is 140 g/mol. The summed E-state index contributed by atoms with van der Waals surface area (Å²) in [6.45, 7) is 0.205. The Labute approximate surface area is 62.8 Å². The Morgan fingerprint density at radius 2 is 1.90 bits per heavy atom. The summed E-state index contributed by atoms with van der Waals surface area (Å²) in [5.41, 5.74) is 0. The van der Waals surface area contributed by atoms with Crippen LogP contribution in [0.1, 0.15) is 32.1 Å². The summed E-state index contributed by atoms with van der Waals surface area (Å²) in [6, 6.07) is 0. The zero-order chi connectivity index (χ0) is 7.23. The van der Waals surface area contributed by atoms with E-state index in [9.17, 15) is 0 Å². The van der Waals surface area contributed by atoms with E-state index >= 15 is 0 Å². The van der Waals surface area contributed by atoms with Gasteiger partial charge >= 0.3 is 0 Å². The second-order valence-electron chi connectivity index (χ2n) is 3.01. The minimum absolute atomic E-state index is 0.205. The Bertz CT molecular complexity index is 101. The van der Waals surface area contributed by atoms with Gasteiger partial charge < -0.3 is 5.11 Å². The van der Waals surface area contributed by atoms with E-state index < -0.39 is 0 Å². The van der Waals surface area contributed by atoms with Gasteiger partial charge in [-0.2, -0.15) is 0 Å². The summed E-state index contributed by atoms with van der Waals surface area (Å²) in [7, 11) is 0. The summed E-state index contributed by atoms with van der Waals surface area (Å²) >= 11 is 0. The highest BCUT2D eigenvalue weighted by Gasteiger charge is 2.08. The average Bonchev–Trinajstić information content (AvgIpc) is 2.03. The second kappa shape index (κ2) is 4.51. The molecule has 0 atom stereocenters. The molecular weight excluding hydrogens is 124 g/mol. The van der Waals surface area contributed by atoms with Crippen LogP contribution >= 0.6 is 0 Å². The molecule has 1 rings (SSSR count). The number of hydrogen-bond donors (Lipinski definition) is 1. The molecule has 0 spiro atoms. The van der Waals surface area contributed by atoms with Crippen molar-refractivity contribution in [2.45, 2.75) is 32.1 Å². The molecule has 0 amide bonds. The van der Waals surface area contributed by atoms with Gasteiger partial charge in [-0.3, -0.25) is 0 Å². The Kier molecular flexibility index (Phi) is 3.52. The normalized spacial score (nSPS) is 22.1. The number of allylic oxidation sites excluding steroid dienone is 1. The molecule has 0 bridgehead atoms. The van der Waals surface area contributed by atoms with Gasteiger partial charge in [0, 0.05) is 0 Å². The van der Waals surface area contributed by atoms with Gasteiger partial charge in [0.15, 0.2) is 0 Å². The molecule has 0 radical (unpaired) electrons. The standard InChI is InChI=1S/C9H16O/c10-8-4-7-9-5-2-1-3-6-9/h4,7,9-10H,1-3,5-6,8H2/b7-4-. The average molecular weight is 140 g/mol. The van der Waals surface area contributed by atoms with Crippen molar-refractivity contribution in [3.8, 4) is 0 Å². The number of aliphatic hydroxyl groups is 1. The molecule has 1 nitrogen and oxygen atoms in total. The van der Waals surface area contributed by atoms with Crippen molar-refractivity contribution in [1.29, 1.82) is 0 Å². The van der Waals surface area contributed by atoms with Gasteiger partial charge in [-0.15, -0.1) is 0 Å². The molecule has 0 unspecified atom stereocenters. The molecule has 0 aromatic heterocycles. The van der Waals surface area contributed by atoms with Gasteiger partial charge in [0.25, 0.3) is 0 Å². The van der Waals surface area contributed by atoms with E-state index in [-0.39, 0.29) is 6.61 Å². The van der Waals surface area contributed by atoms with E-state index in [1.54, 1.807) is 0 Å². The summed E-state index contributed by atoms with van der Waals surface area (Å²) in [5.74, 6) is 0.765. The quantitative estimate of drug-likeness (QED) is 0.582. The van der Waals surface area contributed by atoms with Gasteiger partial charge in [0.05, 0.1) is 6.61 Å². The van der Waals surface area contributed by atoms with Gasteiger partial charge in [-0.25, -0.2) is 0 Å². The molecule has 0 aromatic rings. The van der Waals surface area contributed by atoms with E-state index in [0.717, 1.165) is 5.92 Å². The fourth-order valence-corrected chi connectivity index (χ4v) is 1.58. The van der Waals surface area contributed by atoms with Crippen molar-refractivity contribution < 1.29 is 5.11 Å². The Morgan fingerprint density at radius 3 is 2.50 bits per heavy atom. The van der Waals surface area contributed by atoms with E-state index in [0.29, 0.717) is 0 Å². The molecule has 1 aliphatic carbocycles. The molecule has 1 heteroatoms. The lowest BCUT2D eigenvalue weighted by Crippen LogP contribution is -2.02. The summed E-state index contributed by atoms with van der Waals surface area (Å²) in [4.78, 5) is 0. The van der Waals surface area contributed by atoms with Crippen molar-refractivity contribution in [2.24, 2.45) is 5.92 Å². The van der Waals surface area contributed by atoms with Crippen LogP contribution in [0.5, 0.6) is 0 Å². The summed E-state index contributed by atoms with van der Waals surface area (Å²) in [6.07, 6.45) is 10.9. The van der Waals surface area contributed by atoms with Gasteiger partial charge in [-0.1, -0.05) is 31.4 Å². The maximum atomic E-state index is 8.51. The van der Waals surface area contributed by atoms with E-state index in [1.807, 2.05) is 6.08 Å². The molecule has 58 valence electrons. The van der Waals surface area contributed by atoms with Crippen LogP contribution in [-0.4, -0.2) is 11.7 Å². The van der Waals surface area contributed by atoms with Crippen LogP contribution in [0.15, 0.2) is 12.2 Å². The van der Waals surface area contributed by atoms with Crippen molar-refractivity contribution in [2.75, 3.05) is 6.61 Å². The first-order chi connectivity index (χ1) is 4.93. The third-order valence-corrected chi connectivity index (χ3v) is 2.16. The predicted molar refractivity (Wildman–Crippen MR) is 42.8 cm³/mol. The highest BCUT2D eigenvalue weighted by Crippen LogP contribution is 2.24. The zero-order valence-electron chi connectivity index (χ0n) is 6.42. The van der Waals surface area contributed by atoms with Crippen molar-refractivity contribution >= 4 is 0 Å². The van der Waals surface area contributed by atoms with Crippen LogP contribution in [0.25, 0.3) is 0 Å². The van der Waals surface area contributed by atoms with Gasteiger partial charge in [-0.05, 0) is 18.8 Å². The predicted octanol–water partition coefficient (Wildman–Crippen LogP) is 2.12. The van der Waals surface area contributed by atoms with E-state index in [1.165, 1.54) is 32.1 Å². The van der Waals surface area contributed by atoms with Crippen LogP contribution in [0.2, 0.25) is 0 Å². The second-order valence-corrected chi connectivity index (χ2v) is 3.01. The highest BCUT2D eigenvalue weighted by atomic mass is 16.2. The van der Waals surface area contributed by atoms with Crippen LogP contribution in [0, 0.1) is 5.92 Å². The Balaban J connectivity index is 2.19. The highest BCUT2D eigenvalue weighted by molar-refractivity contribution is 4.89. The first kappa shape index (κ1) is 7.80. The smallest absolute Gasteiger partial charge is 0.0612 e. The topological polar surface area (TPSA) is 20.2 Å².